The Morgan fingerprint density at radius 1 is 1.05 bits per heavy atom. The predicted molar refractivity (Wildman–Crippen MR) is 91.1 cm³/mol. The number of phenolic OH excluding ortho intramolecular Hbond substituents is 1. The van der Waals surface area contributed by atoms with Crippen LogP contribution in [0.2, 0.25) is 5.15 Å². The molecule has 0 atom stereocenters. The lowest BCUT2D eigenvalue weighted by Gasteiger charge is -2.10. The SMILES string of the molecule is Cc1c(/C=C/c2cccnc2Cl)nc2c(O)cccc2c1C. The van der Waals surface area contributed by atoms with Gasteiger partial charge in [-0.3, -0.25) is 0 Å². The normalized spacial score (nSPS) is 11.4. The van der Waals surface area contributed by atoms with E-state index in [-0.39, 0.29) is 5.75 Å². The number of phenols is 1. The van der Waals surface area contributed by atoms with E-state index in [1.54, 1.807) is 12.3 Å². The highest BCUT2D eigenvalue weighted by Crippen LogP contribution is 2.29. The van der Waals surface area contributed by atoms with E-state index < -0.39 is 0 Å². The molecule has 22 heavy (non-hydrogen) atoms. The second-order valence-electron chi connectivity index (χ2n) is 5.14. The van der Waals surface area contributed by atoms with Crippen LogP contribution in [0.1, 0.15) is 22.4 Å². The van der Waals surface area contributed by atoms with Gasteiger partial charge in [-0.05, 0) is 49.3 Å². The van der Waals surface area contributed by atoms with E-state index in [1.165, 1.54) is 0 Å². The van der Waals surface area contributed by atoms with E-state index in [1.807, 2.05) is 50.3 Å². The number of pyridine rings is 2. The number of hydrogen-bond acceptors (Lipinski definition) is 3. The van der Waals surface area contributed by atoms with Gasteiger partial charge in [0.1, 0.15) is 16.4 Å². The molecule has 0 saturated carbocycles. The van der Waals surface area contributed by atoms with Gasteiger partial charge in [0, 0.05) is 17.1 Å². The van der Waals surface area contributed by atoms with Gasteiger partial charge < -0.3 is 5.11 Å². The molecule has 2 heterocycles. The molecule has 1 aromatic carbocycles. The third kappa shape index (κ3) is 2.55. The Kier molecular flexibility index (Phi) is 3.82. The Balaban J connectivity index is 2.14. The Morgan fingerprint density at radius 2 is 1.86 bits per heavy atom. The van der Waals surface area contributed by atoms with E-state index >= 15 is 0 Å². The summed E-state index contributed by atoms with van der Waals surface area (Å²) in [7, 11) is 0. The smallest absolute Gasteiger partial charge is 0.141 e. The first-order valence-corrected chi connectivity index (χ1v) is 7.33. The van der Waals surface area contributed by atoms with Gasteiger partial charge in [-0.25, -0.2) is 9.97 Å². The third-order valence-electron chi connectivity index (χ3n) is 3.81. The zero-order valence-corrected chi connectivity index (χ0v) is 13.1. The van der Waals surface area contributed by atoms with Crippen LogP contribution in [0.25, 0.3) is 23.1 Å². The minimum atomic E-state index is 0.190. The van der Waals surface area contributed by atoms with Crippen molar-refractivity contribution in [1.82, 2.24) is 9.97 Å². The largest absolute Gasteiger partial charge is 0.506 e. The molecule has 0 unspecified atom stereocenters. The minimum absolute atomic E-state index is 0.190. The van der Waals surface area contributed by atoms with Crippen LogP contribution in [-0.4, -0.2) is 15.1 Å². The number of nitrogens with zero attached hydrogens (tertiary/aromatic N) is 2. The zero-order chi connectivity index (χ0) is 15.7. The number of halogens is 1. The molecule has 0 saturated heterocycles. The maximum absolute atomic E-state index is 10.0. The van der Waals surface area contributed by atoms with E-state index in [4.69, 9.17) is 11.6 Å². The van der Waals surface area contributed by atoms with Gasteiger partial charge in [-0.2, -0.15) is 0 Å². The van der Waals surface area contributed by atoms with Crippen molar-refractivity contribution in [2.45, 2.75) is 13.8 Å². The molecule has 4 heteroatoms. The van der Waals surface area contributed by atoms with Gasteiger partial charge in [0.25, 0.3) is 0 Å². The van der Waals surface area contributed by atoms with Gasteiger partial charge in [-0.15, -0.1) is 0 Å². The lowest BCUT2D eigenvalue weighted by atomic mass is 10.0. The molecule has 0 amide bonds. The van der Waals surface area contributed by atoms with Crippen LogP contribution in [0.4, 0.5) is 0 Å². The lowest BCUT2D eigenvalue weighted by molar-refractivity contribution is 0.480. The van der Waals surface area contributed by atoms with Crippen molar-refractivity contribution >= 4 is 34.7 Å². The molecule has 3 aromatic rings. The first kappa shape index (κ1) is 14.5. The maximum Gasteiger partial charge on any atom is 0.141 e. The summed E-state index contributed by atoms with van der Waals surface area (Å²) in [4.78, 5) is 8.63. The standard InChI is InChI=1S/C18H15ClN2O/c1-11-12(2)15(9-8-13-5-4-10-20-18(13)19)21-17-14(11)6-3-7-16(17)22/h3-10,22H,1-2H3/b9-8+. The first-order valence-electron chi connectivity index (χ1n) is 6.95. The second kappa shape index (κ2) is 5.78. The van der Waals surface area contributed by atoms with Crippen LogP contribution in [0.5, 0.6) is 5.75 Å². The fourth-order valence-corrected chi connectivity index (χ4v) is 2.59. The molecule has 2 aromatic heterocycles. The summed E-state index contributed by atoms with van der Waals surface area (Å²) in [5.41, 5.74) is 4.45. The Labute approximate surface area is 133 Å². The summed E-state index contributed by atoms with van der Waals surface area (Å²) in [5.74, 6) is 0.190. The quantitative estimate of drug-likeness (QED) is 0.693. The Bertz CT molecular complexity index is 888. The molecule has 1 N–H and O–H groups in total. The molecule has 3 rings (SSSR count). The van der Waals surface area contributed by atoms with Crippen molar-refractivity contribution in [2.75, 3.05) is 0 Å². The maximum atomic E-state index is 10.0. The van der Waals surface area contributed by atoms with Gasteiger partial charge >= 0.3 is 0 Å². The predicted octanol–water partition coefficient (Wildman–Crippen LogP) is 4.78. The average Bonchev–Trinajstić information content (AvgIpc) is 2.52. The Hall–Kier alpha value is -2.39. The number of aryl methyl sites for hydroxylation is 1. The van der Waals surface area contributed by atoms with Gasteiger partial charge in [0.05, 0.1) is 5.69 Å². The number of hydrogen-bond donors (Lipinski definition) is 1. The highest BCUT2D eigenvalue weighted by atomic mass is 35.5. The van der Waals surface area contributed by atoms with Gasteiger partial charge in [0.15, 0.2) is 0 Å². The summed E-state index contributed by atoms with van der Waals surface area (Å²) >= 11 is 6.06. The van der Waals surface area contributed by atoms with Gasteiger partial charge in [-0.1, -0.05) is 29.8 Å². The minimum Gasteiger partial charge on any atom is -0.506 e. The summed E-state index contributed by atoms with van der Waals surface area (Å²) in [6.07, 6.45) is 5.44. The van der Waals surface area contributed by atoms with Crippen molar-refractivity contribution in [3.8, 4) is 5.75 Å². The second-order valence-corrected chi connectivity index (χ2v) is 5.50. The number of benzene rings is 1. The topological polar surface area (TPSA) is 46.0 Å². The molecule has 0 bridgehead atoms. The van der Waals surface area contributed by atoms with Crippen LogP contribution < -0.4 is 0 Å². The van der Waals surface area contributed by atoms with Gasteiger partial charge in [0.2, 0.25) is 0 Å². The third-order valence-corrected chi connectivity index (χ3v) is 4.12. The molecular weight excluding hydrogens is 296 g/mol. The fourth-order valence-electron chi connectivity index (χ4n) is 2.40. The summed E-state index contributed by atoms with van der Waals surface area (Å²) in [6.45, 7) is 4.06. The van der Waals surface area contributed by atoms with E-state index in [9.17, 15) is 5.11 Å². The molecular formula is C18H15ClN2O. The Morgan fingerprint density at radius 3 is 2.64 bits per heavy atom. The summed E-state index contributed by atoms with van der Waals surface area (Å²) in [5, 5.41) is 11.4. The molecule has 0 fully saturated rings. The molecule has 3 nitrogen and oxygen atoms in total. The van der Waals surface area contributed by atoms with E-state index in [0.717, 1.165) is 27.8 Å². The van der Waals surface area contributed by atoms with E-state index in [2.05, 4.69) is 9.97 Å². The molecule has 0 spiro atoms. The molecule has 110 valence electrons. The monoisotopic (exact) mass is 310 g/mol. The van der Waals surface area contributed by atoms with Crippen LogP contribution in [0, 0.1) is 13.8 Å². The van der Waals surface area contributed by atoms with Crippen molar-refractivity contribution < 1.29 is 5.11 Å². The number of aromatic hydroxyl groups is 1. The molecule has 0 aliphatic heterocycles. The number of fused-ring (bicyclic) bond motifs is 1. The number of aromatic nitrogens is 2. The highest BCUT2D eigenvalue weighted by molar-refractivity contribution is 6.30. The average molecular weight is 311 g/mol. The molecule has 0 radical (unpaired) electrons. The fraction of sp³-hybridized carbons (Fsp3) is 0.111. The summed E-state index contributed by atoms with van der Waals surface area (Å²) in [6, 6.07) is 9.18. The lowest BCUT2D eigenvalue weighted by Crippen LogP contribution is -1.94. The van der Waals surface area contributed by atoms with Crippen molar-refractivity contribution in [1.29, 1.82) is 0 Å². The highest BCUT2D eigenvalue weighted by Gasteiger charge is 2.09. The zero-order valence-electron chi connectivity index (χ0n) is 12.3. The van der Waals surface area contributed by atoms with Crippen LogP contribution in [-0.2, 0) is 0 Å². The van der Waals surface area contributed by atoms with Crippen molar-refractivity contribution in [2.24, 2.45) is 0 Å². The van der Waals surface area contributed by atoms with E-state index in [0.29, 0.717) is 10.7 Å². The molecule has 0 aliphatic rings. The van der Waals surface area contributed by atoms with Crippen LogP contribution in [0.3, 0.4) is 0 Å². The summed E-state index contributed by atoms with van der Waals surface area (Å²) < 4.78 is 0. The van der Waals surface area contributed by atoms with Crippen LogP contribution >= 0.6 is 11.6 Å². The molecule has 0 aliphatic carbocycles. The number of para-hydroxylation sites is 1. The van der Waals surface area contributed by atoms with Crippen LogP contribution in [0.15, 0.2) is 36.5 Å². The van der Waals surface area contributed by atoms with Crippen molar-refractivity contribution in [3.63, 3.8) is 0 Å². The number of rotatable bonds is 2. The van der Waals surface area contributed by atoms with Crippen molar-refractivity contribution in [3.05, 3.63) is 64.1 Å². The first-order chi connectivity index (χ1) is 10.6.